The normalized spacial score (nSPS) is 15.1. The van der Waals surface area contributed by atoms with E-state index >= 15 is 0 Å². The minimum atomic E-state index is -0.235. The quantitative estimate of drug-likeness (QED) is 0.457. The number of nitrogens with zero attached hydrogens (tertiary/aromatic N) is 5. The Hall–Kier alpha value is -4.20. The molecule has 0 spiro atoms. The maximum atomic E-state index is 12.1. The van der Waals surface area contributed by atoms with Crippen LogP contribution in [0, 0.1) is 6.92 Å². The molecular formula is C26H27N7O. The molecule has 2 aromatic carbocycles. The predicted molar refractivity (Wildman–Crippen MR) is 134 cm³/mol. The number of hydrogen-bond donors (Lipinski definition) is 2. The third-order valence-corrected chi connectivity index (χ3v) is 6.24. The van der Waals surface area contributed by atoms with Crippen LogP contribution >= 0.6 is 0 Å². The molecule has 2 N–H and O–H groups in total. The van der Waals surface area contributed by atoms with Crippen molar-refractivity contribution >= 4 is 23.1 Å². The van der Waals surface area contributed by atoms with E-state index in [1.54, 1.807) is 0 Å². The molecule has 1 amide bonds. The average molecular weight is 454 g/mol. The SMILES string of the molecule is Cc1nc(NCc2cn(Cc3ccccc3-c3ccccc3)nn2)cc2c1NC(=O)[C@H](C)N2C. The van der Waals surface area contributed by atoms with E-state index in [-0.39, 0.29) is 11.9 Å². The monoisotopic (exact) mass is 453 g/mol. The number of nitrogens with one attached hydrogen (secondary N) is 2. The van der Waals surface area contributed by atoms with Gasteiger partial charge in [-0.2, -0.15) is 0 Å². The van der Waals surface area contributed by atoms with Crippen LogP contribution in [0.2, 0.25) is 0 Å². The van der Waals surface area contributed by atoms with E-state index in [0.717, 1.165) is 28.6 Å². The van der Waals surface area contributed by atoms with Crippen molar-refractivity contribution in [2.75, 3.05) is 22.6 Å². The van der Waals surface area contributed by atoms with Crippen molar-refractivity contribution in [3.8, 4) is 11.1 Å². The summed E-state index contributed by atoms with van der Waals surface area (Å²) in [7, 11) is 1.92. The molecule has 5 rings (SSSR count). The molecule has 0 unspecified atom stereocenters. The Morgan fingerprint density at radius 1 is 1.09 bits per heavy atom. The van der Waals surface area contributed by atoms with Crippen molar-refractivity contribution in [1.29, 1.82) is 0 Å². The smallest absolute Gasteiger partial charge is 0.246 e. The van der Waals surface area contributed by atoms with Gasteiger partial charge in [0.2, 0.25) is 5.91 Å². The van der Waals surface area contributed by atoms with Crippen LogP contribution in [0.5, 0.6) is 0 Å². The highest BCUT2D eigenvalue weighted by molar-refractivity contribution is 6.04. The Kier molecular flexibility index (Phi) is 5.71. The second kappa shape index (κ2) is 8.97. The molecule has 3 heterocycles. The molecule has 1 atom stereocenters. The lowest BCUT2D eigenvalue weighted by molar-refractivity contribution is -0.117. The average Bonchev–Trinajstić information content (AvgIpc) is 3.30. The summed E-state index contributed by atoms with van der Waals surface area (Å²) < 4.78 is 1.86. The Labute approximate surface area is 198 Å². The van der Waals surface area contributed by atoms with Gasteiger partial charge in [-0.15, -0.1) is 5.10 Å². The van der Waals surface area contributed by atoms with Crippen molar-refractivity contribution in [2.45, 2.75) is 33.0 Å². The lowest BCUT2D eigenvalue weighted by atomic mass is 10.00. The molecule has 34 heavy (non-hydrogen) atoms. The summed E-state index contributed by atoms with van der Waals surface area (Å²) in [6, 6.07) is 20.4. The van der Waals surface area contributed by atoms with E-state index in [0.29, 0.717) is 13.1 Å². The summed E-state index contributed by atoms with van der Waals surface area (Å²) in [5, 5.41) is 15.0. The zero-order valence-corrected chi connectivity index (χ0v) is 19.5. The molecule has 0 saturated heterocycles. The standard InChI is InChI=1S/C26H27N7O/c1-17-25-23(32(3)18(2)26(34)29-25)13-24(28-17)27-14-21-16-33(31-30-21)15-20-11-7-8-12-22(20)19-9-5-4-6-10-19/h4-13,16,18H,14-15H2,1-3H3,(H,27,28)(H,29,34)/t18-/m0/s1. The number of aromatic nitrogens is 4. The Bertz CT molecular complexity index is 1330. The minimum Gasteiger partial charge on any atom is -0.364 e. The van der Waals surface area contributed by atoms with Gasteiger partial charge in [-0.1, -0.05) is 59.8 Å². The van der Waals surface area contributed by atoms with Crippen molar-refractivity contribution in [3.05, 3.63) is 83.8 Å². The highest BCUT2D eigenvalue weighted by atomic mass is 16.2. The molecule has 1 aliphatic rings. The highest BCUT2D eigenvalue weighted by Gasteiger charge is 2.28. The summed E-state index contributed by atoms with van der Waals surface area (Å²) in [4.78, 5) is 18.7. The summed E-state index contributed by atoms with van der Waals surface area (Å²) in [6.45, 7) is 4.91. The molecule has 1 aliphatic heterocycles. The molecule has 0 radical (unpaired) electrons. The van der Waals surface area contributed by atoms with E-state index in [1.807, 2.05) is 67.0 Å². The number of carbonyl (C=O) groups excluding carboxylic acids is 1. The fourth-order valence-corrected chi connectivity index (χ4v) is 4.20. The molecule has 172 valence electrons. The molecule has 0 aliphatic carbocycles. The van der Waals surface area contributed by atoms with Gasteiger partial charge in [0.15, 0.2) is 0 Å². The summed E-state index contributed by atoms with van der Waals surface area (Å²) >= 11 is 0. The van der Waals surface area contributed by atoms with Gasteiger partial charge < -0.3 is 15.5 Å². The number of fused-ring (bicyclic) bond motifs is 1. The largest absolute Gasteiger partial charge is 0.364 e. The topological polar surface area (TPSA) is 88.0 Å². The summed E-state index contributed by atoms with van der Waals surface area (Å²) in [5.41, 5.74) is 6.87. The van der Waals surface area contributed by atoms with Crippen LogP contribution in [0.15, 0.2) is 66.9 Å². The van der Waals surface area contributed by atoms with Crippen molar-refractivity contribution in [2.24, 2.45) is 0 Å². The molecule has 0 saturated carbocycles. The van der Waals surface area contributed by atoms with Gasteiger partial charge >= 0.3 is 0 Å². The van der Waals surface area contributed by atoms with E-state index in [9.17, 15) is 4.79 Å². The van der Waals surface area contributed by atoms with E-state index in [2.05, 4.69) is 56.3 Å². The summed E-state index contributed by atoms with van der Waals surface area (Å²) in [5.74, 6) is 0.710. The fraction of sp³-hybridized carbons (Fsp3) is 0.231. The zero-order chi connectivity index (χ0) is 23.7. The van der Waals surface area contributed by atoms with Crippen LogP contribution in [0.4, 0.5) is 17.2 Å². The first kappa shape index (κ1) is 21.6. The molecule has 2 aromatic heterocycles. The molecule has 0 bridgehead atoms. The van der Waals surface area contributed by atoms with E-state index in [4.69, 9.17) is 0 Å². The second-order valence-electron chi connectivity index (χ2n) is 8.55. The lowest BCUT2D eigenvalue weighted by Crippen LogP contribution is -2.44. The number of anilines is 3. The maximum absolute atomic E-state index is 12.1. The van der Waals surface area contributed by atoms with Crippen LogP contribution in [-0.2, 0) is 17.9 Å². The van der Waals surface area contributed by atoms with Gasteiger partial charge in [0, 0.05) is 13.1 Å². The molecule has 8 nitrogen and oxygen atoms in total. The third-order valence-electron chi connectivity index (χ3n) is 6.24. The number of benzene rings is 2. The Balaban J connectivity index is 1.30. The van der Waals surface area contributed by atoms with Gasteiger partial charge in [0.05, 0.1) is 36.4 Å². The minimum absolute atomic E-state index is 0.0222. The second-order valence-corrected chi connectivity index (χ2v) is 8.55. The van der Waals surface area contributed by atoms with Gasteiger partial charge in [-0.25, -0.2) is 9.67 Å². The highest BCUT2D eigenvalue weighted by Crippen LogP contribution is 2.35. The number of rotatable bonds is 6. The lowest BCUT2D eigenvalue weighted by Gasteiger charge is -2.34. The Morgan fingerprint density at radius 3 is 2.68 bits per heavy atom. The number of pyridine rings is 1. The Morgan fingerprint density at radius 2 is 1.85 bits per heavy atom. The molecule has 8 heteroatoms. The third kappa shape index (κ3) is 4.22. The van der Waals surface area contributed by atoms with E-state index < -0.39 is 0 Å². The number of hydrogen-bond acceptors (Lipinski definition) is 6. The first-order valence-corrected chi connectivity index (χ1v) is 11.3. The number of likely N-dealkylation sites (N-methyl/N-ethyl adjacent to an activating group) is 1. The van der Waals surface area contributed by atoms with Gasteiger partial charge in [0.25, 0.3) is 0 Å². The van der Waals surface area contributed by atoms with Crippen LogP contribution in [-0.4, -0.2) is 39.0 Å². The van der Waals surface area contributed by atoms with Crippen LogP contribution in [0.3, 0.4) is 0 Å². The first-order valence-electron chi connectivity index (χ1n) is 11.3. The fourth-order valence-electron chi connectivity index (χ4n) is 4.20. The van der Waals surface area contributed by atoms with Gasteiger partial charge in [-0.05, 0) is 30.5 Å². The first-order chi connectivity index (χ1) is 16.5. The van der Waals surface area contributed by atoms with E-state index in [1.165, 1.54) is 16.7 Å². The molecule has 0 fully saturated rings. The number of aryl methyl sites for hydroxylation is 1. The van der Waals surface area contributed by atoms with Crippen molar-refractivity contribution < 1.29 is 4.79 Å². The predicted octanol–water partition coefficient (Wildman–Crippen LogP) is 4.09. The number of carbonyl (C=O) groups is 1. The van der Waals surface area contributed by atoms with Gasteiger partial charge in [-0.3, -0.25) is 4.79 Å². The summed E-state index contributed by atoms with van der Waals surface area (Å²) in [6.07, 6.45) is 1.95. The number of amides is 1. The molecular weight excluding hydrogens is 426 g/mol. The van der Waals surface area contributed by atoms with Crippen molar-refractivity contribution in [1.82, 2.24) is 20.0 Å². The van der Waals surface area contributed by atoms with Crippen LogP contribution in [0.1, 0.15) is 23.9 Å². The van der Waals surface area contributed by atoms with Crippen LogP contribution < -0.4 is 15.5 Å². The molecule has 4 aromatic rings. The van der Waals surface area contributed by atoms with Gasteiger partial charge in [0.1, 0.15) is 17.6 Å². The zero-order valence-electron chi connectivity index (χ0n) is 19.5. The maximum Gasteiger partial charge on any atom is 0.246 e. The van der Waals surface area contributed by atoms with Crippen molar-refractivity contribution in [3.63, 3.8) is 0 Å². The van der Waals surface area contributed by atoms with Crippen LogP contribution in [0.25, 0.3) is 11.1 Å².